The SMILES string of the molecule is COc1ccc(C)cc1[C@H](C)NC(=O)c1cc(=O)[nH]c2ccccc12. The lowest BCUT2D eigenvalue weighted by atomic mass is 10.0. The highest BCUT2D eigenvalue weighted by Crippen LogP contribution is 2.26. The van der Waals surface area contributed by atoms with E-state index in [9.17, 15) is 9.59 Å². The Morgan fingerprint density at radius 2 is 1.92 bits per heavy atom. The van der Waals surface area contributed by atoms with Gasteiger partial charge < -0.3 is 15.0 Å². The summed E-state index contributed by atoms with van der Waals surface area (Å²) in [5, 5.41) is 3.67. The number of aromatic nitrogens is 1. The van der Waals surface area contributed by atoms with E-state index in [-0.39, 0.29) is 17.5 Å². The maximum Gasteiger partial charge on any atom is 0.252 e. The van der Waals surface area contributed by atoms with E-state index in [0.717, 1.165) is 11.1 Å². The van der Waals surface area contributed by atoms with Gasteiger partial charge in [-0.05, 0) is 26.0 Å². The highest BCUT2D eigenvalue weighted by molar-refractivity contribution is 6.06. The number of benzene rings is 2. The first-order valence-corrected chi connectivity index (χ1v) is 8.07. The highest BCUT2D eigenvalue weighted by Gasteiger charge is 2.17. The van der Waals surface area contributed by atoms with E-state index in [1.807, 2.05) is 50.2 Å². The molecule has 0 saturated carbocycles. The molecule has 1 amide bonds. The van der Waals surface area contributed by atoms with E-state index in [4.69, 9.17) is 4.74 Å². The number of fused-ring (bicyclic) bond motifs is 1. The molecule has 0 aliphatic heterocycles. The van der Waals surface area contributed by atoms with Crippen LogP contribution >= 0.6 is 0 Å². The molecule has 0 aliphatic carbocycles. The molecule has 5 nitrogen and oxygen atoms in total. The Morgan fingerprint density at radius 1 is 1.16 bits per heavy atom. The van der Waals surface area contributed by atoms with Crippen LogP contribution in [0.15, 0.2) is 53.3 Å². The second kappa shape index (κ2) is 6.81. The van der Waals surface area contributed by atoms with Crippen molar-refractivity contribution in [3.8, 4) is 5.75 Å². The predicted octanol–water partition coefficient (Wildman–Crippen LogP) is 3.34. The third kappa shape index (κ3) is 3.40. The number of carbonyl (C=O) groups excluding carboxylic acids is 1. The number of carbonyl (C=O) groups is 1. The van der Waals surface area contributed by atoms with Gasteiger partial charge in [0, 0.05) is 22.5 Å². The summed E-state index contributed by atoms with van der Waals surface area (Å²) in [6.07, 6.45) is 0. The zero-order valence-electron chi connectivity index (χ0n) is 14.4. The molecule has 0 bridgehead atoms. The van der Waals surface area contributed by atoms with E-state index in [1.165, 1.54) is 6.07 Å². The van der Waals surface area contributed by atoms with E-state index in [2.05, 4.69) is 10.3 Å². The monoisotopic (exact) mass is 336 g/mol. The molecule has 25 heavy (non-hydrogen) atoms. The minimum Gasteiger partial charge on any atom is -0.496 e. The lowest BCUT2D eigenvalue weighted by Crippen LogP contribution is -2.28. The first-order valence-electron chi connectivity index (χ1n) is 8.07. The maximum atomic E-state index is 12.8. The minimum absolute atomic E-state index is 0.264. The van der Waals surface area contributed by atoms with E-state index in [1.54, 1.807) is 13.2 Å². The Balaban J connectivity index is 1.96. The third-order valence-corrected chi connectivity index (χ3v) is 4.19. The Labute approximate surface area is 145 Å². The molecule has 2 aromatic carbocycles. The van der Waals surface area contributed by atoms with Crippen molar-refractivity contribution in [1.82, 2.24) is 10.3 Å². The van der Waals surface area contributed by atoms with Crippen molar-refractivity contribution in [2.75, 3.05) is 7.11 Å². The summed E-state index contributed by atoms with van der Waals surface area (Å²) in [5.41, 5.74) is 2.67. The molecular formula is C20H20N2O3. The minimum atomic E-state index is -0.301. The molecular weight excluding hydrogens is 316 g/mol. The number of pyridine rings is 1. The number of hydrogen-bond acceptors (Lipinski definition) is 3. The van der Waals surface area contributed by atoms with Crippen molar-refractivity contribution in [1.29, 1.82) is 0 Å². The van der Waals surface area contributed by atoms with Crippen LogP contribution in [0.4, 0.5) is 0 Å². The number of amides is 1. The number of aryl methyl sites for hydroxylation is 1. The number of hydrogen-bond donors (Lipinski definition) is 2. The largest absolute Gasteiger partial charge is 0.496 e. The summed E-state index contributed by atoms with van der Waals surface area (Å²) in [4.78, 5) is 27.4. The van der Waals surface area contributed by atoms with Gasteiger partial charge in [-0.25, -0.2) is 0 Å². The van der Waals surface area contributed by atoms with Crippen LogP contribution in [-0.2, 0) is 0 Å². The van der Waals surface area contributed by atoms with Crippen LogP contribution in [0.25, 0.3) is 10.9 Å². The summed E-state index contributed by atoms with van der Waals surface area (Å²) < 4.78 is 5.39. The molecule has 1 atom stereocenters. The fraction of sp³-hybridized carbons (Fsp3) is 0.200. The van der Waals surface area contributed by atoms with Crippen molar-refractivity contribution < 1.29 is 9.53 Å². The number of nitrogens with one attached hydrogen (secondary N) is 2. The number of methoxy groups -OCH3 is 1. The molecule has 2 N–H and O–H groups in total. The Bertz CT molecular complexity index is 992. The van der Waals surface area contributed by atoms with Gasteiger partial charge in [0.25, 0.3) is 5.91 Å². The van der Waals surface area contributed by atoms with E-state index in [0.29, 0.717) is 22.2 Å². The van der Waals surface area contributed by atoms with Gasteiger partial charge in [0.1, 0.15) is 5.75 Å². The van der Waals surface area contributed by atoms with Gasteiger partial charge in [0.15, 0.2) is 0 Å². The van der Waals surface area contributed by atoms with Crippen molar-refractivity contribution in [3.63, 3.8) is 0 Å². The van der Waals surface area contributed by atoms with Crippen LogP contribution in [0.1, 0.15) is 34.5 Å². The van der Waals surface area contributed by atoms with Gasteiger partial charge in [-0.2, -0.15) is 0 Å². The number of H-pyrrole nitrogens is 1. The topological polar surface area (TPSA) is 71.2 Å². The number of rotatable bonds is 4. The molecule has 3 rings (SSSR count). The number of aromatic amines is 1. The molecule has 5 heteroatoms. The Kier molecular flexibility index (Phi) is 4.57. The molecule has 0 fully saturated rings. The third-order valence-electron chi connectivity index (χ3n) is 4.19. The molecule has 1 heterocycles. The van der Waals surface area contributed by atoms with E-state index < -0.39 is 0 Å². The predicted molar refractivity (Wildman–Crippen MR) is 98.2 cm³/mol. The first-order chi connectivity index (χ1) is 12.0. The summed E-state index contributed by atoms with van der Waals surface area (Å²) >= 11 is 0. The zero-order chi connectivity index (χ0) is 18.0. The molecule has 0 spiro atoms. The van der Waals surface area contributed by atoms with Crippen LogP contribution in [0.5, 0.6) is 5.75 Å². The fourth-order valence-corrected chi connectivity index (χ4v) is 2.94. The van der Waals surface area contributed by atoms with Gasteiger partial charge in [-0.3, -0.25) is 9.59 Å². The molecule has 0 saturated heterocycles. The quantitative estimate of drug-likeness (QED) is 0.767. The first kappa shape index (κ1) is 16.8. The fourth-order valence-electron chi connectivity index (χ4n) is 2.94. The van der Waals surface area contributed by atoms with Crippen molar-refractivity contribution in [2.24, 2.45) is 0 Å². The highest BCUT2D eigenvalue weighted by atomic mass is 16.5. The molecule has 3 aromatic rings. The smallest absolute Gasteiger partial charge is 0.252 e. The van der Waals surface area contributed by atoms with Crippen LogP contribution < -0.4 is 15.6 Å². The van der Waals surface area contributed by atoms with Crippen molar-refractivity contribution >= 4 is 16.8 Å². The number of ether oxygens (including phenoxy) is 1. The summed E-state index contributed by atoms with van der Waals surface area (Å²) in [6.45, 7) is 3.88. The summed E-state index contributed by atoms with van der Waals surface area (Å²) in [7, 11) is 1.60. The van der Waals surface area contributed by atoms with E-state index >= 15 is 0 Å². The van der Waals surface area contributed by atoms with Gasteiger partial charge in [-0.15, -0.1) is 0 Å². The molecule has 0 aliphatic rings. The lowest BCUT2D eigenvalue weighted by Gasteiger charge is -2.18. The molecule has 128 valence electrons. The Morgan fingerprint density at radius 3 is 2.68 bits per heavy atom. The normalized spacial score (nSPS) is 12.0. The standard InChI is InChI=1S/C20H20N2O3/c1-12-8-9-18(25-3)15(10-12)13(2)21-20(24)16-11-19(23)22-17-7-5-4-6-14(16)17/h4-11,13H,1-3H3,(H,21,24)(H,22,23)/t13-/m0/s1. The molecule has 0 radical (unpaired) electrons. The van der Waals surface area contributed by atoms with Crippen LogP contribution in [0, 0.1) is 6.92 Å². The second-order valence-electron chi connectivity index (χ2n) is 6.03. The average molecular weight is 336 g/mol. The second-order valence-corrected chi connectivity index (χ2v) is 6.03. The average Bonchev–Trinajstić information content (AvgIpc) is 2.60. The van der Waals surface area contributed by atoms with Crippen LogP contribution in [0.2, 0.25) is 0 Å². The molecule has 1 aromatic heterocycles. The summed E-state index contributed by atoms with van der Waals surface area (Å²) in [5.74, 6) is 0.424. The van der Waals surface area contributed by atoms with Crippen molar-refractivity contribution in [2.45, 2.75) is 19.9 Å². The number of para-hydroxylation sites is 1. The zero-order valence-corrected chi connectivity index (χ0v) is 14.4. The van der Waals surface area contributed by atoms with Gasteiger partial charge in [-0.1, -0.05) is 35.9 Å². The van der Waals surface area contributed by atoms with Gasteiger partial charge in [0.05, 0.1) is 18.7 Å². The van der Waals surface area contributed by atoms with Crippen LogP contribution in [0.3, 0.4) is 0 Å². The summed E-state index contributed by atoms with van der Waals surface area (Å²) in [6, 6.07) is 14.2. The maximum absolute atomic E-state index is 12.8. The van der Waals surface area contributed by atoms with Gasteiger partial charge in [0.2, 0.25) is 5.56 Å². The molecule has 0 unspecified atom stereocenters. The van der Waals surface area contributed by atoms with Crippen LogP contribution in [-0.4, -0.2) is 18.0 Å². The Hall–Kier alpha value is -3.08. The van der Waals surface area contributed by atoms with Gasteiger partial charge >= 0.3 is 0 Å². The van der Waals surface area contributed by atoms with Crippen molar-refractivity contribution in [3.05, 3.63) is 75.6 Å². The lowest BCUT2D eigenvalue weighted by molar-refractivity contribution is 0.0941.